The van der Waals surface area contributed by atoms with Crippen molar-refractivity contribution < 1.29 is 36.6 Å². The van der Waals surface area contributed by atoms with Crippen LogP contribution in [0.1, 0.15) is 64.5 Å². The fourth-order valence-corrected chi connectivity index (χ4v) is 4.19. The van der Waals surface area contributed by atoms with Crippen LogP contribution >= 0.6 is 0 Å². The minimum atomic E-state index is -4.75. The van der Waals surface area contributed by atoms with Crippen molar-refractivity contribution in [3.63, 3.8) is 0 Å². The van der Waals surface area contributed by atoms with Crippen molar-refractivity contribution in [2.45, 2.75) is 59.6 Å². The van der Waals surface area contributed by atoms with Crippen LogP contribution < -0.4 is 15.5 Å². The van der Waals surface area contributed by atoms with Crippen LogP contribution in [0.2, 0.25) is 0 Å². The molecule has 0 fully saturated rings. The topological polar surface area (TPSA) is 81.7 Å². The second kappa shape index (κ2) is 12.9. The third kappa shape index (κ3) is 8.59. The summed E-state index contributed by atoms with van der Waals surface area (Å²) in [5.74, 6) is -3.16. The molecular weight excluding hydrogens is 509 g/mol. The fourth-order valence-electron chi connectivity index (χ4n) is 4.19. The van der Waals surface area contributed by atoms with Crippen LogP contribution in [0.25, 0.3) is 0 Å². The summed E-state index contributed by atoms with van der Waals surface area (Å²) in [5, 5.41) is 13.8. The van der Waals surface area contributed by atoms with Gasteiger partial charge in [-0.05, 0) is 60.1 Å². The molecule has 6 nitrogen and oxygen atoms in total. The summed E-state index contributed by atoms with van der Waals surface area (Å²) < 4.78 is 69.1. The maximum absolute atomic E-state index is 15.7. The van der Waals surface area contributed by atoms with E-state index in [-0.39, 0.29) is 29.6 Å². The molecule has 0 bridgehead atoms. The summed E-state index contributed by atoms with van der Waals surface area (Å²) in [7, 11) is 0. The Bertz CT molecular complexity index is 1130. The highest BCUT2D eigenvalue weighted by atomic mass is 19.4. The first-order valence-electron chi connectivity index (χ1n) is 12.4. The number of urea groups is 1. The number of carboxylic acid groups (broad SMARTS) is 1. The number of nitrogens with zero attached hydrogens (tertiary/aromatic N) is 1. The number of anilines is 3. The van der Waals surface area contributed by atoms with Crippen LogP contribution in [-0.2, 0) is 11.0 Å². The van der Waals surface area contributed by atoms with E-state index in [9.17, 15) is 32.3 Å². The van der Waals surface area contributed by atoms with Gasteiger partial charge < -0.3 is 20.6 Å². The molecule has 0 aliphatic carbocycles. The van der Waals surface area contributed by atoms with E-state index in [1.54, 1.807) is 11.8 Å². The van der Waals surface area contributed by atoms with Crippen molar-refractivity contribution in [1.29, 1.82) is 0 Å². The van der Waals surface area contributed by atoms with E-state index in [0.29, 0.717) is 43.3 Å². The van der Waals surface area contributed by atoms with Crippen molar-refractivity contribution in [1.82, 2.24) is 0 Å². The van der Waals surface area contributed by atoms with E-state index in [2.05, 4.69) is 10.6 Å². The lowest BCUT2D eigenvalue weighted by Crippen LogP contribution is -2.33. The molecule has 0 heterocycles. The number of alkyl halides is 3. The number of rotatable bonds is 11. The normalized spacial score (nSPS) is 12.5. The van der Waals surface area contributed by atoms with Gasteiger partial charge in [-0.1, -0.05) is 34.6 Å². The van der Waals surface area contributed by atoms with E-state index in [0.717, 1.165) is 0 Å². The van der Waals surface area contributed by atoms with E-state index in [1.807, 2.05) is 27.7 Å². The lowest BCUT2D eigenvalue weighted by molar-refractivity contribution is -0.138. The molecule has 0 aliphatic rings. The summed E-state index contributed by atoms with van der Waals surface area (Å²) >= 11 is 0. The van der Waals surface area contributed by atoms with Crippen LogP contribution in [0, 0.1) is 23.5 Å². The number of carboxylic acids is 1. The molecule has 0 saturated heterocycles. The molecule has 2 amide bonds. The molecule has 11 heteroatoms. The molecule has 0 spiro atoms. The predicted molar refractivity (Wildman–Crippen MR) is 138 cm³/mol. The Balaban J connectivity index is 2.56. The average Bonchev–Trinajstić information content (AvgIpc) is 2.76. The average molecular weight is 544 g/mol. The summed E-state index contributed by atoms with van der Waals surface area (Å²) in [6, 6.07) is 3.24. The quantitative estimate of drug-likeness (QED) is 0.254. The van der Waals surface area contributed by atoms with Crippen LogP contribution in [0.3, 0.4) is 0 Å². The molecule has 38 heavy (non-hydrogen) atoms. The minimum Gasteiger partial charge on any atom is -0.481 e. The Morgan fingerprint density at radius 1 is 0.921 bits per heavy atom. The SMILES string of the molecule is CCC(CC(=O)O)c1cc(F)c(N(CC(C)C)CC(C)C)c(NC(=O)Nc2cc(C(F)(F)F)ccc2F)c1. The van der Waals surface area contributed by atoms with Crippen LogP contribution in [0.15, 0.2) is 30.3 Å². The highest BCUT2D eigenvalue weighted by molar-refractivity contribution is 6.02. The molecular formula is C27H34F5N3O3. The number of hydrogen-bond donors (Lipinski definition) is 3. The van der Waals surface area contributed by atoms with Gasteiger partial charge in [-0.25, -0.2) is 13.6 Å². The number of carbonyl (C=O) groups is 2. The largest absolute Gasteiger partial charge is 0.481 e. The fraction of sp³-hybridized carbons (Fsp3) is 0.481. The molecule has 0 aromatic heterocycles. The van der Waals surface area contributed by atoms with Gasteiger partial charge in [-0.2, -0.15) is 13.2 Å². The second-order valence-electron chi connectivity index (χ2n) is 10.1. The highest BCUT2D eigenvalue weighted by Crippen LogP contribution is 2.37. The number of carbonyl (C=O) groups excluding carboxylic acids is 1. The number of aliphatic carboxylic acids is 1. The van der Waals surface area contributed by atoms with Crippen molar-refractivity contribution in [2.24, 2.45) is 11.8 Å². The summed E-state index contributed by atoms with van der Waals surface area (Å²) in [6.07, 6.45) is -4.63. The summed E-state index contributed by atoms with van der Waals surface area (Å²) in [4.78, 5) is 25.9. The Morgan fingerprint density at radius 2 is 1.50 bits per heavy atom. The molecule has 210 valence electrons. The standard InChI is InChI=1S/C27H34F5N3O3/c1-6-17(11-24(36)37)18-9-21(29)25(35(13-15(2)3)14-16(4)5)23(10-18)34-26(38)33-22-12-19(27(30,31)32)7-8-20(22)28/h7-10,12,15-17H,6,11,13-14H2,1-5H3,(H,36,37)(H2,33,34,38). The molecule has 1 unspecified atom stereocenters. The lowest BCUT2D eigenvalue weighted by atomic mass is 9.92. The first-order chi connectivity index (χ1) is 17.6. The zero-order valence-corrected chi connectivity index (χ0v) is 22.0. The monoisotopic (exact) mass is 543 g/mol. The van der Waals surface area contributed by atoms with Gasteiger partial charge in [0.05, 0.1) is 29.0 Å². The molecule has 3 N–H and O–H groups in total. The highest BCUT2D eigenvalue weighted by Gasteiger charge is 2.31. The van der Waals surface area contributed by atoms with Crippen molar-refractivity contribution >= 4 is 29.1 Å². The van der Waals surface area contributed by atoms with E-state index in [1.165, 1.54) is 12.1 Å². The van der Waals surface area contributed by atoms with Gasteiger partial charge in [0, 0.05) is 13.1 Å². The Labute approximate surface area is 219 Å². The lowest BCUT2D eigenvalue weighted by Gasteiger charge is -2.31. The first-order valence-corrected chi connectivity index (χ1v) is 12.4. The van der Waals surface area contributed by atoms with Crippen LogP contribution in [-0.4, -0.2) is 30.2 Å². The Morgan fingerprint density at radius 3 is 2.00 bits per heavy atom. The number of amides is 2. The number of nitrogens with one attached hydrogen (secondary N) is 2. The smallest absolute Gasteiger partial charge is 0.416 e. The van der Waals surface area contributed by atoms with Crippen LogP contribution in [0.5, 0.6) is 0 Å². The first kappa shape index (κ1) is 30.9. The van der Waals surface area contributed by atoms with E-state index >= 15 is 4.39 Å². The second-order valence-corrected chi connectivity index (χ2v) is 10.1. The molecule has 0 saturated carbocycles. The van der Waals surface area contributed by atoms with Crippen molar-refractivity contribution in [3.05, 3.63) is 53.1 Å². The van der Waals surface area contributed by atoms with Gasteiger partial charge in [0.25, 0.3) is 0 Å². The molecule has 2 rings (SSSR count). The molecule has 1 atom stereocenters. The van der Waals surface area contributed by atoms with Gasteiger partial charge >= 0.3 is 18.2 Å². The number of halogens is 5. The van der Waals surface area contributed by atoms with Crippen molar-refractivity contribution in [2.75, 3.05) is 28.6 Å². The zero-order valence-electron chi connectivity index (χ0n) is 22.0. The summed E-state index contributed by atoms with van der Waals surface area (Å²) in [6.45, 7) is 10.4. The maximum Gasteiger partial charge on any atom is 0.416 e. The van der Waals surface area contributed by atoms with E-state index in [4.69, 9.17) is 0 Å². The van der Waals surface area contributed by atoms with E-state index < -0.39 is 47.0 Å². The van der Waals surface area contributed by atoms with Gasteiger partial charge in [-0.3, -0.25) is 4.79 Å². The zero-order chi connectivity index (χ0) is 28.8. The predicted octanol–water partition coefficient (Wildman–Crippen LogP) is 7.71. The van der Waals surface area contributed by atoms with Crippen LogP contribution in [0.4, 0.5) is 43.8 Å². The molecule has 2 aromatic rings. The maximum atomic E-state index is 15.7. The van der Waals surface area contributed by atoms with Gasteiger partial charge in [-0.15, -0.1) is 0 Å². The number of hydrogen-bond acceptors (Lipinski definition) is 3. The van der Waals surface area contributed by atoms with Gasteiger partial charge in [0.1, 0.15) is 11.6 Å². The molecule has 2 aromatic carbocycles. The summed E-state index contributed by atoms with van der Waals surface area (Å²) in [5.41, 5.74) is -1.46. The number of benzene rings is 2. The third-order valence-electron chi connectivity index (χ3n) is 5.75. The third-order valence-corrected chi connectivity index (χ3v) is 5.75. The minimum absolute atomic E-state index is 0.00461. The Hall–Kier alpha value is -3.37. The Kier molecular flexibility index (Phi) is 10.5. The van der Waals surface area contributed by atoms with Crippen molar-refractivity contribution in [3.8, 4) is 0 Å². The van der Waals surface area contributed by atoms with Gasteiger partial charge in [0.15, 0.2) is 0 Å². The van der Waals surface area contributed by atoms with Gasteiger partial charge in [0.2, 0.25) is 0 Å². The molecule has 0 radical (unpaired) electrons. The molecule has 0 aliphatic heterocycles.